The molecule has 2 aliphatic rings. The van der Waals surface area contributed by atoms with Crippen molar-refractivity contribution in [1.29, 1.82) is 0 Å². The lowest BCUT2D eigenvalue weighted by molar-refractivity contribution is 0.0705. The maximum atomic E-state index is 12.9. The molecule has 8 nitrogen and oxygen atoms in total. The molecule has 2 aliphatic heterocycles. The van der Waals surface area contributed by atoms with Crippen molar-refractivity contribution in [2.75, 3.05) is 44.3 Å². The highest BCUT2D eigenvalue weighted by molar-refractivity contribution is 5.95. The van der Waals surface area contributed by atoms with Crippen molar-refractivity contribution in [3.8, 4) is 0 Å². The fourth-order valence-electron chi connectivity index (χ4n) is 3.89. The van der Waals surface area contributed by atoms with Crippen LogP contribution < -0.4 is 4.90 Å². The first-order valence-corrected chi connectivity index (χ1v) is 9.72. The third-order valence-corrected chi connectivity index (χ3v) is 5.44. The summed E-state index contributed by atoms with van der Waals surface area (Å²) < 4.78 is 5.43. The molecule has 144 valence electrons. The van der Waals surface area contributed by atoms with Gasteiger partial charge in [0.1, 0.15) is 12.1 Å². The SMILES string of the molecule is CCc1[nH]ncc1C(=O)N1CCC[C@@H](c2cc(N3CCOCC3)ncn2)C1. The Morgan fingerprint density at radius 3 is 2.96 bits per heavy atom. The third kappa shape index (κ3) is 3.80. The number of likely N-dealkylation sites (tertiary alicyclic amines) is 1. The van der Waals surface area contributed by atoms with Crippen molar-refractivity contribution < 1.29 is 9.53 Å². The van der Waals surface area contributed by atoms with Crippen LogP contribution in [-0.4, -0.2) is 70.4 Å². The lowest BCUT2D eigenvalue weighted by atomic mass is 9.94. The first-order chi connectivity index (χ1) is 13.3. The average Bonchev–Trinajstić information content (AvgIpc) is 3.23. The van der Waals surface area contributed by atoms with Crippen molar-refractivity contribution in [2.45, 2.75) is 32.1 Å². The Bertz CT molecular complexity index is 786. The fourth-order valence-corrected chi connectivity index (χ4v) is 3.89. The highest BCUT2D eigenvalue weighted by Gasteiger charge is 2.28. The molecule has 0 saturated carbocycles. The quantitative estimate of drug-likeness (QED) is 0.880. The van der Waals surface area contributed by atoms with Gasteiger partial charge in [-0.3, -0.25) is 9.89 Å². The monoisotopic (exact) mass is 370 g/mol. The molecule has 1 atom stereocenters. The Labute approximate surface area is 158 Å². The van der Waals surface area contributed by atoms with Crippen molar-refractivity contribution in [3.05, 3.63) is 35.5 Å². The first-order valence-electron chi connectivity index (χ1n) is 9.72. The van der Waals surface area contributed by atoms with Crippen LogP contribution in [-0.2, 0) is 11.2 Å². The van der Waals surface area contributed by atoms with E-state index in [-0.39, 0.29) is 11.8 Å². The predicted molar refractivity (Wildman–Crippen MR) is 101 cm³/mol. The summed E-state index contributed by atoms with van der Waals surface area (Å²) in [6, 6.07) is 2.08. The van der Waals surface area contributed by atoms with Crippen LogP contribution >= 0.6 is 0 Å². The lowest BCUT2D eigenvalue weighted by Crippen LogP contribution is -2.40. The number of aryl methyl sites for hydroxylation is 1. The molecular weight excluding hydrogens is 344 g/mol. The van der Waals surface area contributed by atoms with E-state index in [0.717, 1.165) is 69.3 Å². The average molecular weight is 370 g/mol. The number of amides is 1. The van der Waals surface area contributed by atoms with Crippen LogP contribution in [0.4, 0.5) is 5.82 Å². The van der Waals surface area contributed by atoms with Crippen molar-refractivity contribution in [1.82, 2.24) is 25.1 Å². The molecule has 4 rings (SSSR count). The van der Waals surface area contributed by atoms with E-state index < -0.39 is 0 Å². The number of ether oxygens (including phenoxy) is 1. The molecule has 2 fully saturated rings. The van der Waals surface area contributed by atoms with Crippen LogP contribution in [0.1, 0.15) is 47.4 Å². The minimum Gasteiger partial charge on any atom is -0.378 e. The number of carbonyl (C=O) groups excluding carboxylic acids is 1. The minimum atomic E-state index is 0.0627. The summed E-state index contributed by atoms with van der Waals surface area (Å²) in [7, 11) is 0. The topological polar surface area (TPSA) is 87.2 Å². The van der Waals surface area contributed by atoms with Gasteiger partial charge in [0.15, 0.2) is 0 Å². The molecule has 0 aromatic carbocycles. The second kappa shape index (κ2) is 8.04. The van der Waals surface area contributed by atoms with Gasteiger partial charge in [-0.25, -0.2) is 9.97 Å². The summed E-state index contributed by atoms with van der Waals surface area (Å²) in [5.41, 5.74) is 2.61. The predicted octanol–water partition coefficient (Wildman–Crippen LogP) is 1.62. The van der Waals surface area contributed by atoms with Gasteiger partial charge in [-0.1, -0.05) is 6.92 Å². The molecule has 4 heterocycles. The van der Waals surface area contributed by atoms with Crippen LogP contribution in [0, 0.1) is 0 Å². The Morgan fingerprint density at radius 1 is 1.30 bits per heavy atom. The molecule has 8 heteroatoms. The number of aromatic nitrogens is 4. The maximum absolute atomic E-state index is 12.9. The number of aromatic amines is 1. The second-order valence-corrected chi connectivity index (χ2v) is 7.11. The van der Waals surface area contributed by atoms with Crippen LogP contribution in [0.5, 0.6) is 0 Å². The largest absolute Gasteiger partial charge is 0.378 e. The minimum absolute atomic E-state index is 0.0627. The van der Waals surface area contributed by atoms with E-state index >= 15 is 0 Å². The fraction of sp³-hybridized carbons (Fsp3) is 0.579. The Morgan fingerprint density at radius 2 is 2.15 bits per heavy atom. The van der Waals surface area contributed by atoms with Crippen molar-refractivity contribution in [2.24, 2.45) is 0 Å². The molecule has 0 bridgehead atoms. The molecular formula is C19H26N6O2. The van der Waals surface area contributed by atoms with Crippen LogP contribution in [0.3, 0.4) is 0 Å². The first kappa shape index (κ1) is 17.9. The zero-order chi connectivity index (χ0) is 18.6. The van der Waals surface area contributed by atoms with E-state index in [1.54, 1.807) is 12.5 Å². The van der Waals surface area contributed by atoms with Gasteiger partial charge in [0, 0.05) is 43.9 Å². The summed E-state index contributed by atoms with van der Waals surface area (Å²) in [5, 5.41) is 6.97. The highest BCUT2D eigenvalue weighted by atomic mass is 16.5. The van der Waals surface area contributed by atoms with Gasteiger partial charge in [-0.05, 0) is 19.3 Å². The van der Waals surface area contributed by atoms with Gasteiger partial charge in [-0.15, -0.1) is 0 Å². The second-order valence-electron chi connectivity index (χ2n) is 7.11. The number of hydrogen-bond donors (Lipinski definition) is 1. The van der Waals surface area contributed by atoms with E-state index in [1.165, 1.54) is 0 Å². The molecule has 0 radical (unpaired) electrons. The zero-order valence-corrected chi connectivity index (χ0v) is 15.7. The van der Waals surface area contributed by atoms with E-state index in [1.807, 2.05) is 11.8 Å². The molecule has 2 aromatic rings. The normalized spacial score (nSPS) is 20.7. The molecule has 2 saturated heterocycles. The number of piperidine rings is 1. The molecule has 1 N–H and O–H groups in total. The van der Waals surface area contributed by atoms with Crippen LogP contribution in [0.2, 0.25) is 0 Å². The molecule has 0 spiro atoms. The van der Waals surface area contributed by atoms with Gasteiger partial charge in [0.05, 0.1) is 30.7 Å². The lowest BCUT2D eigenvalue weighted by Gasteiger charge is -2.33. The smallest absolute Gasteiger partial charge is 0.257 e. The van der Waals surface area contributed by atoms with Gasteiger partial charge in [-0.2, -0.15) is 5.10 Å². The third-order valence-electron chi connectivity index (χ3n) is 5.44. The van der Waals surface area contributed by atoms with E-state index in [0.29, 0.717) is 12.1 Å². The van der Waals surface area contributed by atoms with Gasteiger partial charge in [0.2, 0.25) is 0 Å². The van der Waals surface area contributed by atoms with Gasteiger partial charge < -0.3 is 14.5 Å². The number of nitrogens with one attached hydrogen (secondary N) is 1. The van der Waals surface area contributed by atoms with Gasteiger partial charge >= 0.3 is 0 Å². The number of H-pyrrole nitrogens is 1. The number of anilines is 1. The standard InChI is InChI=1S/C19H26N6O2/c1-2-16-15(11-22-23-16)19(26)25-5-3-4-14(12-25)17-10-18(21-13-20-17)24-6-8-27-9-7-24/h10-11,13-14H,2-9,12H2,1H3,(H,22,23)/t14-/m1/s1. The summed E-state index contributed by atoms with van der Waals surface area (Å²) in [6.45, 7) is 6.66. The van der Waals surface area contributed by atoms with E-state index in [9.17, 15) is 4.79 Å². The summed E-state index contributed by atoms with van der Waals surface area (Å²) >= 11 is 0. The Hall–Kier alpha value is -2.48. The summed E-state index contributed by atoms with van der Waals surface area (Å²) in [5.74, 6) is 1.25. The summed E-state index contributed by atoms with van der Waals surface area (Å²) in [6.07, 6.45) is 6.08. The number of carbonyl (C=O) groups is 1. The van der Waals surface area contributed by atoms with Crippen molar-refractivity contribution in [3.63, 3.8) is 0 Å². The number of morpholine rings is 1. The van der Waals surface area contributed by atoms with Gasteiger partial charge in [0.25, 0.3) is 5.91 Å². The molecule has 2 aromatic heterocycles. The number of rotatable bonds is 4. The number of nitrogens with zero attached hydrogens (tertiary/aromatic N) is 5. The Kier molecular flexibility index (Phi) is 5.33. The van der Waals surface area contributed by atoms with E-state index in [4.69, 9.17) is 4.74 Å². The number of hydrogen-bond acceptors (Lipinski definition) is 6. The maximum Gasteiger partial charge on any atom is 0.257 e. The molecule has 1 amide bonds. The Balaban J connectivity index is 1.49. The van der Waals surface area contributed by atoms with Crippen LogP contribution in [0.15, 0.2) is 18.6 Å². The highest BCUT2D eigenvalue weighted by Crippen LogP contribution is 2.28. The summed E-state index contributed by atoms with van der Waals surface area (Å²) in [4.78, 5) is 26.1. The van der Waals surface area contributed by atoms with E-state index in [2.05, 4.69) is 31.1 Å². The molecule has 27 heavy (non-hydrogen) atoms. The van der Waals surface area contributed by atoms with Crippen molar-refractivity contribution >= 4 is 11.7 Å². The van der Waals surface area contributed by atoms with Crippen LogP contribution in [0.25, 0.3) is 0 Å². The molecule has 0 unspecified atom stereocenters. The molecule has 0 aliphatic carbocycles. The zero-order valence-electron chi connectivity index (χ0n) is 15.7.